The van der Waals surface area contributed by atoms with Crippen LogP contribution in [0.15, 0.2) is 0 Å². The maximum Gasteiger partial charge on any atom is 0.0856 e. The van der Waals surface area contributed by atoms with E-state index in [1.165, 1.54) is 29.3 Å². The average Bonchev–Trinajstić information content (AvgIpc) is 2.80. The van der Waals surface area contributed by atoms with Gasteiger partial charge in [-0.15, -0.1) is 5.10 Å². The third-order valence-electron chi connectivity index (χ3n) is 2.84. The van der Waals surface area contributed by atoms with Crippen molar-refractivity contribution in [1.29, 1.82) is 0 Å². The lowest BCUT2D eigenvalue weighted by molar-refractivity contribution is 0.535. The summed E-state index contributed by atoms with van der Waals surface area (Å²) in [5.74, 6) is 0.856. The molecule has 4 heteroatoms. The number of aromatic nitrogens is 2. The highest BCUT2D eigenvalue weighted by Gasteiger charge is 2.30. The van der Waals surface area contributed by atoms with E-state index in [1.807, 2.05) is 0 Å². The molecule has 1 saturated carbocycles. The molecule has 1 aliphatic rings. The standard InChI is InChI=1S/C11H19N3S/c1-11(2,3)10-9(15-14-13-10)8(12)6-7-4-5-7/h7-8H,4-6,12H2,1-3H3. The van der Waals surface area contributed by atoms with Gasteiger partial charge in [-0.3, -0.25) is 0 Å². The Hall–Kier alpha value is -0.480. The summed E-state index contributed by atoms with van der Waals surface area (Å²) >= 11 is 1.47. The third kappa shape index (κ3) is 2.55. The van der Waals surface area contributed by atoms with Gasteiger partial charge in [0.1, 0.15) is 0 Å². The molecule has 1 atom stereocenters. The molecule has 0 saturated heterocycles. The van der Waals surface area contributed by atoms with E-state index in [2.05, 4.69) is 30.4 Å². The minimum absolute atomic E-state index is 0.0590. The molecule has 0 spiro atoms. The Labute approximate surface area is 95.2 Å². The van der Waals surface area contributed by atoms with E-state index in [1.54, 1.807) is 0 Å². The first-order chi connectivity index (χ1) is 6.98. The van der Waals surface area contributed by atoms with Gasteiger partial charge in [-0.05, 0) is 23.9 Å². The normalized spacial score (nSPS) is 19.2. The van der Waals surface area contributed by atoms with Gasteiger partial charge in [-0.25, -0.2) is 0 Å². The second kappa shape index (κ2) is 3.83. The van der Waals surface area contributed by atoms with E-state index < -0.39 is 0 Å². The molecule has 15 heavy (non-hydrogen) atoms. The summed E-state index contributed by atoms with van der Waals surface area (Å²) in [5, 5.41) is 4.22. The predicted molar refractivity (Wildman–Crippen MR) is 62.9 cm³/mol. The summed E-state index contributed by atoms with van der Waals surface area (Å²) < 4.78 is 4.05. The molecule has 84 valence electrons. The van der Waals surface area contributed by atoms with Crippen LogP contribution >= 0.6 is 11.5 Å². The molecule has 0 aliphatic heterocycles. The van der Waals surface area contributed by atoms with E-state index in [0.717, 1.165) is 18.0 Å². The van der Waals surface area contributed by atoms with E-state index in [9.17, 15) is 0 Å². The zero-order chi connectivity index (χ0) is 11.1. The molecule has 3 nitrogen and oxygen atoms in total. The van der Waals surface area contributed by atoms with Crippen molar-refractivity contribution in [1.82, 2.24) is 9.59 Å². The van der Waals surface area contributed by atoms with Crippen LogP contribution in [0.2, 0.25) is 0 Å². The van der Waals surface area contributed by atoms with Gasteiger partial charge in [0.25, 0.3) is 0 Å². The monoisotopic (exact) mass is 225 g/mol. The largest absolute Gasteiger partial charge is 0.323 e. The van der Waals surface area contributed by atoms with Crippen molar-refractivity contribution in [2.75, 3.05) is 0 Å². The first-order valence-electron chi connectivity index (χ1n) is 5.57. The number of hydrogen-bond donors (Lipinski definition) is 1. The maximum absolute atomic E-state index is 6.21. The van der Waals surface area contributed by atoms with E-state index in [4.69, 9.17) is 5.73 Å². The summed E-state index contributed by atoms with van der Waals surface area (Å²) in [6, 6.07) is 0.145. The Bertz CT molecular complexity index is 336. The van der Waals surface area contributed by atoms with Crippen LogP contribution in [0, 0.1) is 5.92 Å². The molecule has 1 aromatic rings. The molecule has 1 fully saturated rings. The third-order valence-corrected chi connectivity index (χ3v) is 3.70. The van der Waals surface area contributed by atoms with Gasteiger partial charge >= 0.3 is 0 Å². The van der Waals surface area contributed by atoms with Crippen LogP contribution in [-0.4, -0.2) is 9.59 Å². The van der Waals surface area contributed by atoms with Crippen LogP contribution in [-0.2, 0) is 5.41 Å². The van der Waals surface area contributed by atoms with Crippen molar-refractivity contribution in [2.24, 2.45) is 11.7 Å². The van der Waals surface area contributed by atoms with Crippen LogP contribution in [0.3, 0.4) is 0 Å². The van der Waals surface area contributed by atoms with Crippen molar-refractivity contribution in [3.63, 3.8) is 0 Å². The van der Waals surface area contributed by atoms with Gasteiger partial charge in [0.2, 0.25) is 0 Å². The van der Waals surface area contributed by atoms with Gasteiger partial charge in [0.05, 0.1) is 10.6 Å². The molecule has 2 rings (SSSR count). The molecule has 1 heterocycles. The molecule has 0 radical (unpaired) electrons. The summed E-state index contributed by atoms with van der Waals surface area (Å²) in [4.78, 5) is 1.19. The molecule has 1 unspecified atom stereocenters. The van der Waals surface area contributed by atoms with Crippen LogP contribution in [0.4, 0.5) is 0 Å². The van der Waals surface area contributed by atoms with E-state index in [-0.39, 0.29) is 11.5 Å². The Kier molecular flexibility index (Phi) is 2.81. The minimum atomic E-state index is 0.0590. The van der Waals surface area contributed by atoms with Crippen LogP contribution in [0.1, 0.15) is 56.6 Å². The Morgan fingerprint density at radius 2 is 2.13 bits per heavy atom. The molecular formula is C11H19N3S. The van der Waals surface area contributed by atoms with Crippen molar-refractivity contribution < 1.29 is 0 Å². The Morgan fingerprint density at radius 1 is 1.47 bits per heavy atom. The second-order valence-corrected chi connectivity index (χ2v) is 6.31. The van der Waals surface area contributed by atoms with Crippen molar-refractivity contribution in [2.45, 2.75) is 51.5 Å². The molecule has 1 aliphatic carbocycles. The lowest BCUT2D eigenvalue weighted by Gasteiger charge is -2.19. The summed E-state index contributed by atoms with van der Waals surface area (Å²) in [5.41, 5.74) is 7.35. The summed E-state index contributed by atoms with van der Waals surface area (Å²) in [6.07, 6.45) is 3.81. The van der Waals surface area contributed by atoms with Crippen molar-refractivity contribution in [3.8, 4) is 0 Å². The van der Waals surface area contributed by atoms with E-state index in [0.29, 0.717) is 0 Å². The number of rotatable bonds is 3. The SMILES string of the molecule is CC(C)(C)c1nnsc1C(N)CC1CC1. The first kappa shape index (κ1) is 11.0. The quantitative estimate of drug-likeness (QED) is 0.860. The van der Waals surface area contributed by atoms with Crippen LogP contribution in [0.25, 0.3) is 0 Å². The van der Waals surface area contributed by atoms with Gasteiger partial charge < -0.3 is 5.73 Å². The lowest BCUT2D eigenvalue weighted by Crippen LogP contribution is -2.19. The Morgan fingerprint density at radius 3 is 2.67 bits per heavy atom. The highest BCUT2D eigenvalue weighted by Crippen LogP contribution is 2.39. The molecule has 0 bridgehead atoms. The summed E-state index contributed by atoms with van der Waals surface area (Å²) in [7, 11) is 0. The second-order valence-electron chi connectivity index (χ2n) is 5.52. The fraction of sp³-hybridized carbons (Fsp3) is 0.818. The Balaban J connectivity index is 2.15. The molecule has 2 N–H and O–H groups in total. The zero-order valence-corrected chi connectivity index (χ0v) is 10.5. The smallest absolute Gasteiger partial charge is 0.0856 e. The first-order valence-corrected chi connectivity index (χ1v) is 6.34. The van der Waals surface area contributed by atoms with Gasteiger partial charge in [-0.1, -0.05) is 38.1 Å². The number of hydrogen-bond acceptors (Lipinski definition) is 4. The van der Waals surface area contributed by atoms with Crippen LogP contribution in [0.5, 0.6) is 0 Å². The van der Waals surface area contributed by atoms with Crippen molar-refractivity contribution >= 4 is 11.5 Å². The fourth-order valence-corrected chi connectivity index (χ4v) is 2.66. The van der Waals surface area contributed by atoms with Gasteiger partial charge in [0, 0.05) is 11.5 Å². The maximum atomic E-state index is 6.21. The molecule has 0 amide bonds. The van der Waals surface area contributed by atoms with Gasteiger partial charge in [-0.2, -0.15) is 0 Å². The highest BCUT2D eigenvalue weighted by atomic mass is 32.1. The minimum Gasteiger partial charge on any atom is -0.323 e. The molecule has 1 aromatic heterocycles. The zero-order valence-electron chi connectivity index (χ0n) is 9.66. The van der Waals surface area contributed by atoms with E-state index >= 15 is 0 Å². The lowest BCUT2D eigenvalue weighted by atomic mass is 9.89. The summed E-state index contributed by atoms with van der Waals surface area (Å²) in [6.45, 7) is 6.49. The van der Waals surface area contributed by atoms with Gasteiger partial charge in [0.15, 0.2) is 0 Å². The fourth-order valence-electron chi connectivity index (χ4n) is 1.78. The number of nitrogens with zero attached hydrogens (tertiary/aromatic N) is 2. The molecule has 0 aromatic carbocycles. The van der Waals surface area contributed by atoms with Crippen LogP contribution < -0.4 is 5.73 Å². The predicted octanol–water partition coefficient (Wildman–Crippen LogP) is 2.64. The highest BCUT2D eigenvalue weighted by molar-refractivity contribution is 7.05. The van der Waals surface area contributed by atoms with Crippen molar-refractivity contribution in [3.05, 3.63) is 10.6 Å². The molecular weight excluding hydrogens is 206 g/mol. The topological polar surface area (TPSA) is 51.8 Å². The average molecular weight is 225 g/mol. The number of nitrogens with two attached hydrogens (primary N) is 1.